The van der Waals surface area contributed by atoms with E-state index in [0.29, 0.717) is 39.8 Å². The lowest BCUT2D eigenvalue weighted by Gasteiger charge is -2.14. The molecule has 0 saturated heterocycles. The Morgan fingerprint density at radius 3 is 2.06 bits per heavy atom. The van der Waals surface area contributed by atoms with Crippen molar-refractivity contribution in [3.63, 3.8) is 0 Å². The zero-order valence-electron chi connectivity index (χ0n) is 17.5. The Morgan fingerprint density at radius 2 is 1.45 bits per heavy atom. The predicted octanol–water partition coefficient (Wildman–Crippen LogP) is 4.94. The zero-order chi connectivity index (χ0) is 22.2. The summed E-state index contributed by atoms with van der Waals surface area (Å²) in [5.41, 5.74) is 1.66. The van der Waals surface area contributed by atoms with Crippen LogP contribution in [0.25, 0.3) is 0 Å². The fraction of sp³-hybridized carbons (Fsp3) is 0.167. The van der Waals surface area contributed by atoms with Crippen molar-refractivity contribution in [1.29, 1.82) is 0 Å². The molecule has 0 unspecified atom stereocenters. The van der Waals surface area contributed by atoms with E-state index in [2.05, 4.69) is 5.32 Å². The van der Waals surface area contributed by atoms with Crippen LogP contribution in [0.4, 0.5) is 5.69 Å². The average molecular weight is 438 g/mol. The molecule has 0 saturated carbocycles. The summed E-state index contributed by atoms with van der Waals surface area (Å²) in [6.45, 7) is 0. The topological polar surface area (TPSA) is 73.9 Å². The van der Waals surface area contributed by atoms with Crippen LogP contribution in [-0.2, 0) is 0 Å². The summed E-state index contributed by atoms with van der Waals surface area (Å²) in [5.74, 6) is 1.39. The molecule has 0 atom stereocenters. The van der Waals surface area contributed by atoms with E-state index in [9.17, 15) is 9.59 Å². The molecule has 3 aromatic rings. The number of hydrogen-bond donors (Lipinski definition) is 1. The van der Waals surface area contributed by atoms with Crippen molar-refractivity contribution in [3.05, 3.63) is 77.9 Å². The van der Waals surface area contributed by atoms with Crippen LogP contribution in [-0.4, -0.2) is 38.8 Å². The molecule has 0 aromatic heterocycles. The molecule has 0 heterocycles. The van der Waals surface area contributed by atoms with Gasteiger partial charge in [0.05, 0.1) is 27.1 Å². The molecule has 1 N–H and O–H groups in total. The number of amides is 1. The summed E-state index contributed by atoms with van der Waals surface area (Å²) in [7, 11) is 4.55. The van der Waals surface area contributed by atoms with Crippen LogP contribution in [0, 0.1) is 0 Å². The second kappa shape index (κ2) is 10.5. The minimum Gasteiger partial charge on any atom is -0.493 e. The number of thioether (sulfide) groups is 1. The zero-order valence-corrected chi connectivity index (χ0v) is 18.3. The molecule has 3 aromatic carbocycles. The molecule has 0 aliphatic heterocycles. The first kappa shape index (κ1) is 22.2. The highest BCUT2D eigenvalue weighted by Gasteiger charge is 2.15. The molecule has 0 aliphatic rings. The summed E-state index contributed by atoms with van der Waals surface area (Å²) in [4.78, 5) is 25.9. The first-order valence-electron chi connectivity index (χ1n) is 9.48. The summed E-state index contributed by atoms with van der Waals surface area (Å²) in [6.07, 6.45) is 0. The number of methoxy groups -OCH3 is 3. The number of Topliss-reactive ketones (excluding diaryl/α,β-unsaturated/α-hetero) is 1. The number of rotatable bonds is 9. The van der Waals surface area contributed by atoms with Crippen LogP contribution in [0.15, 0.2) is 71.6 Å². The Hall–Kier alpha value is -3.45. The lowest BCUT2D eigenvalue weighted by atomic mass is 10.2. The molecule has 0 spiro atoms. The Labute approximate surface area is 185 Å². The van der Waals surface area contributed by atoms with Crippen molar-refractivity contribution in [3.8, 4) is 17.2 Å². The van der Waals surface area contributed by atoms with E-state index >= 15 is 0 Å². The fourth-order valence-electron chi connectivity index (χ4n) is 2.94. The number of ketones is 1. The minimum absolute atomic E-state index is 0.0397. The van der Waals surface area contributed by atoms with E-state index in [1.54, 1.807) is 42.5 Å². The van der Waals surface area contributed by atoms with Crippen LogP contribution >= 0.6 is 11.8 Å². The molecule has 3 rings (SSSR count). The number of anilines is 1. The molecule has 0 radical (unpaired) electrons. The number of benzene rings is 3. The van der Waals surface area contributed by atoms with Crippen LogP contribution in [0.5, 0.6) is 17.2 Å². The lowest BCUT2D eigenvalue weighted by molar-refractivity contribution is 0.101. The largest absolute Gasteiger partial charge is 0.493 e. The molecule has 6 nitrogen and oxygen atoms in total. The maximum Gasteiger partial charge on any atom is 0.255 e. The van der Waals surface area contributed by atoms with Gasteiger partial charge in [0.15, 0.2) is 17.3 Å². The molecule has 7 heteroatoms. The maximum atomic E-state index is 12.8. The second-order valence-corrected chi connectivity index (χ2v) is 7.52. The van der Waals surface area contributed by atoms with Gasteiger partial charge in [-0.1, -0.05) is 36.4 Å². The van der Waals surface area contributed by atoms with Crippen LogP contribution < -0.4 is 19.5 Å². The summed E-state index contributed by atoms with van der Waals surface area (Å²) >= 11 is 1.39. The van der Waals surface area contributed by atoms with Crippen molar-refractivity contribution >= 4 is 29.1 Å². The summed E-state index contributed by atoms with van der Waals surface area (Å²) in [6, 6.07) is 19.6. The summed E-state index contributed by atoms with van der Waals surface area (Å²) < 4.78 is 16.0. The van der Waals surface area contributed by atoms with Crippen molar-refractivity contribution in [2.45, 2.75) is 4.90 Å². The van der Waals surface area contributed by atoms with Crippen molar-refractivity contribution in [2.24, 2.45) is 0 Å². The highest BCUT2D eigenvalue weighted by molar-refractivity contribution is 8.00. The van der Waals surface area contributed by atoms with Crippen molar-refractivity contribution in [2.75, 3.05) is 32.4 Å². The number of carbonyl (C=O) groups excluding carboxylic acids is 2. The van der Waals surface area contributed by atoms with Crippen molar-refractivity contribution in [1.82, 2.24) is 0 Å². The van der Waals surface area contributed by atoms with E-state index in [-0.39, 0.29) is 11.7 Å². The van der Waals surface area contributed by atoms with Gasteiger partial charge < -0.3 is 19.5 Å². The molecular weight excluding hydrogens is 414 g/mol. The molecular formula is C24H23NO5S. The third-order valence-corrected chi connectivity index (χ3v) is 5.48. The highest BCUT2D eigenvalue weighted by Crippen LogP contribution is 2.40. The lowest BCUT2D eigenvalue weighted by Crippen LogP contribution is -2.12. The van der Waals surface area contributed by atoms with Gasteiger partial charge in [-0.2, -0.15) is 0 Å². The third kappa shape index (κ3) is 5.58. The SMILES string of the molecule is COc1cc(NC(=O)c2cccc(SCC(=O)c3ccccc3)c2)cc(OC)c1OC. The van der Waals surface area contributed by atoms with Gasteiger partial charge in [0.2, 0.25) is 5.75 Å². The highest BCUT2D eigenvalue weighted by atomic mass is 32.2. The van der Waals surface area contributed by atoms with Crippen molar-refractivity contribution < 1.29 is 23.8 Å². The predicted molar refractivity (Wildman–Crippen MR) is 122 cm³/mol. The number of nitrogens with one attached hydrogen (secondary N) is 1. The molecule has 1 amide bonds. The molecule has 0 bridgehead atoms. The van der Waals surface area contributed by atoms with E-state index in [1.807, 2.05) is 24.3 Å². The first-order valence-corrected chi connectivity index (χ1v) is 10.5. The van der Waals surface area contributed by atoms with Crippen LogP contribution in [0.2, 0.25) is 0 Å². The standard InChI is InChI=1S/C24H23NO5S/c1-28-21-13-18(14-22(29-2)23(21)30-3)25-24(27)17-10-7-11-19(12-17)31-15-20(26)16-8-5-4-6-9-16/h4-14H,15H2,1-3H3,(H,25,27). The monoisotopic (exact) mass is 437 g/mol. The van der Waals surface area contributed by atoms with Crippen LogP contribution in [0.1, 0.15) is 20.7 Å². The van der Waals surface area contributed by atoms with Gasteiger partial charge in [-0.3, -0.25) is 9.59 Å². The van der Waals surface area contributed by atoms with Gasteiger partial charge in [0.1, 0.15) is 0 Å². The van der Waals surface area contributed by atoms with E-state index in [4.69, 9.17) is 14.2 Å². The number of hydrogen-bond acceptors (Lipinski definition) is 6. The van der Waals surface area contributed by atoms with Gasteiger partial charge in [-0.15, -0.1) is 11.8 Å². The van der Waals surface area contributed by atoms with E-state index < -0.39 is 0 Å². The van der Waals surface area contributed by atoms with E-state index in [1.165, 1.54) is 33.1 Å². The smallest absolute Gasteiger partial charge is 0.255 e. The van der Waals surface area contributed by atoms with Gasteiger partial charge in [-0.05, 0) is 18.2 Å². The Morgan fingerprint density at radius 1 is 0.806 bits per heavy atom. The quantitative estimate of drug-likeness (QED) is 0.378. The fourth-order valence-corrected chi connectivity index (χ4v) is 3.79. The Balaban J connectivity index is 1.71. The van der Waals surface area contributed by atoms with Gasteiger partial charge in [-0.25, -0.2) is 0 Å². The molecule has 31 heavy (non-hydrogen) atoms. The second-order valence-electron chi connectivity index (χ2n) is 6.47. The van der Waals surface area contributed by atoms with Gasteiger partial charge >= 0.3 is 0 Å². The number of ether oxygens (including phenoxy) is 3. The maximum absolute atomic E-state index is 12.8. The van der Waals surface area contributed by atoms with Gasteiger partial charge in [0.25, 0.3) is 5.91 Å². The Kier molecular flexibility index (Phi) is 7.56. The molecule has 160 valence electrons. The minimum atomic E-state index is -0.286. The van der Waals surface area contributed by atoms with Gasteiger partial charge in [0, 0.05) is 33.8 Å². The third-order valence-electron chi connectivity index (χ3n) is 4.48. The normalized spacial score (nSPS) is 10.3. The Bertz CT molecular complexity index is 1040. The summed E-state index contributed by atoms with van der Waals surface area (Å²) in [5, 5.41) is 2.85. The first-order chi connectivity index (χ1) is 15.0. The average Bonchev–Trinajstić information content (AvgIpc) is 2.82. The molecule has 0 fully saturated rings. The van der Waals surface area contributed by atoms with Crippen LogP contribution in [0.3, 0.4) is 0 Å². The molecule has 0 aliphatic carbocycles. The number of carbonyl (C=O) groups is 2. The van der Waals surface area contributed by atoms with E-state index in [0.717, 1.165) is 4.90 Å².